The quantitative estimate of drug-likeness (QED) is 0.584. The van der Waals surface area contributed by atoms with Crippen LogP contribution < -0.4 is 4.74 Å². The lowest BCUT2D eigenvalue weighted by Gasteiger charge is -2.35. The molecule has 0 radical (unpaired) electrons. The first-order valence-electron chi connectivity index (χ1n) is 6.28. The molecule has 0 aliphatic heterocycles. The molecule has 0 aromatic heterocycles. The summed E-state index contributed by atoms with van der Waals surface area (Å²) in [5.41, 5.74) is 1.79. The Morgan fingerprint density at radius 3 is 2.06 bits per heavy atom. The van der Waals surface area contributed by atoms with E-state index < -0.39 is 8.07 Å². The minimum Gasteiger partial charge on any atom is -0.497 e. The predicted octanol–water partition coefficient (Wildman–Crippen LogP) is 2.98. The molecule has 1 aromatic carbocycles. The Balaban J connectivity index is 2.82. The molecule has 0 aliphatic rings. The molecule has 1 rings (SSSR count). The lowest BCUT2D eigenvalue weighted by Crippen LogP contribution is -2.50. The number of nitrogens with zero attached hydrogens (tertiary/aromatic N) is 1. The predicted molar refractivity (Wildman–Crippen MR) is 78.6 cm³/mol. The molecule has 4 heteroatoms. The van der Waals surface area contributed by atoms with Crippen molar-refractivity contribution in [2.45, 2.75) is 31.7 Å². The highest BCUT2D eigenvalue weighted by Gasteiger charge is 2.30. The maximum atomic E-state index is 5.40. The third kappa shape index (κ3) is 4.12. The van der Waals surface area contributed by atoms with Gasteiger partial charge < -0.3 is 9.57 Å². The largest absolute Gasteiger partial charge is 0.497 e. The molecule has 18 heavy (non-hydrogen) atoms. The molecule has 0 aliphatic carbocycles. The molecule has 0 N–H and O–H groups in total. The second-order valence-electron chi connectivity index (χ2n) is 5.66. The van der Waals surface area contributed by atoms with Crippen LogP contribution in [0.25, 0.3) is 0 Å². The van der Waals surface area contributed by atoms with Crippen LogP contribution in [0.5, 0.6) is 5.75 Å². The van der Waals surface area contributed by atoms with Crippen molar-refractivity contribution < 1.29 is 9.57 Å². The van der Waals surface area contributed by atoms with Gasteiger partial charge in [0.05, 0.1) is 22.3 Å². The van der Waals surface area contributed by atoms with E-state index in [0.29, 0.717) is 5.67 Å². The number of hydrogen-bond acceptors (Lipinski definition) is 3. The van der Waals surface area contributed by atoms with Gasteiger partial charge in [0, 0.05) is 12.7 Å². The molecule has 102 valence electrons. The maximum Gasteiger partial charge on any atom is 0.118 e. The van der Waals surface area contributed by atoms with Gasteiger partial charge in [-0.25, -0.2) is 0 Å². The first kappa shape index (κ1) is 15.2. The second-order valence-corrected chi connectivity index (χ2v) is 11.1. The molecular weight excluding hydrogens is 242 g/mol. The average molecular weight is 267 g/mol. The Morgan fingerprint density at radius 2 is 1.67 bits per heavy atom. The molecule has 0 saturated carbocycles. The van der Waals surface area contributed by atoms with Crippen molar-refractivity contribution in [1.29, 1.82) is 0 Å². The van der Waals surface area contributed by atoms with Crippen molar-refractivity contribution in [3.8, 4) is 5.75 Å². The summed E-state index contributed by atoms with van der Waals surface area (Å²) in [5.74, 6) is 0.906. The minimum absolute atomic E-state index is 0.468. The lowest BCUT2D eigenvalue weighted by atomic mass is 10.1. The van der Waals surface area contributed by atoms with E-state index in [-0.39, 0.29) is 0 Å². The van der Waals surface area contributed by atoms with Gasteiger partial charge in [-0.15, -0.1) is 0 Å². The van der Waals surface area contributed by atoms with Crippen molar-refractivity contribution in [3.05, 3.63) is 29.8 Å². The van der Waals surface area contributed by atoms with Crippen LogP contribution >= 0.6 is 0 Å². The van der Waals surface area contributed by atoms with E-state index in [0.717, 1.165) is 12.2 Å². The van der Waals surface area contributed by atoms with E-state index in [2.05, 4.69) is 31.8 Å². The Labute approximate surface area is 112 Å². The lowest BCUT2D eigenvalue weighted by molar-refractivity contribution is -0.122. The fraction of sp³-hybridized carbons (Fsp3) is 0.571. The highest BCUT2D eigenvalue weighted by Crippen LogP contribution is 2.20. The number of methoxy groups -OCH3 is 1. The van der Waals surface area contributed by atoms with Crippen molar-refractivity contribution >= 4 is 8.07 Å². The molecule has 0 amide bonds. The maximum absolute atomic E-state index is 5.40. The summed E-state index contributed by atoms with van der Waals surface area (Å²) < 4.78 is 5.18. The first-order valence-corrected chi connectivity index (χ1v) is 9.86. The van der Waals surface area contributed by atoms with Crippen molar-refractivity contribution in [2.75, 3.05) is 21.3 Å². The Bertz CT molecular complexity index is 359. The van der Waals surface area contributed by atoms with Crippen LogP contribution in [0.1, 0.15) is 5.56 Å². The molecule has 1 aromatic rings. The van der Waals surface area contributed by atoms with Crippen LogP contribution in [0.3, 0.4) is 0 Å². The van der Waals surface area contributed by atoms with E-state index >= 15 is 0 Å². The number of ether oxygens (including phenoxy) is 1. The SMILES string of the molecule is COc1ccc(CC(N(C)OC)[Si](C)(C)C)cc1. The van der Waals surface area contributed by atoms with Crippen molar-refractivity contribution in [2.24, 2.45) is 0 Å². The number of hydroxylamine groups is 2. The Hall–Kier alpha value is -0.843. The Kier molecular flexibility index (Phi) is 5.38. The molecule has 0 saturated heterocycles. The van der Waals surface area contributed by atoms with Crippen LogP contribution in [0.15, 0.2) is 24.3 Å². The fourth-order valence-electron chi connectivity index (χ4n) is 2.09. The molecular formula is C14H25NO2Si. The smallest absolute Gasteiger partial charge is 0.118 e. The zero-order valence-electron chi connectivity index (χ0n) is 12.4. The molecule has 1 atom stereocenters. The van der Waals surface area contributed by atoms with Crippen LogP contribution in [0.2, 0.25) is 19.6 Å². The van der Waals surface area contributed by atoms with Gasteiger partial charge in [0.25, 0.3) is 0 Å². The summed E-state index contributed by atoms with van der Waals surface area (Å²) in [7, 11) is 4.14. The first-order chi connectivity index (χ1) is 8.38. The topological polar surface area (TPSA) is 21.7 Å². The van der Waals surface area contributed by atoms with Crippen molar-refractivity contribution in [1.82, 2.24) is 5.06 Å². The molecule has 0 heterocycles. The molecule has 0 fully saturated rings. The van der Waals surface area contributed by atoms with E-state index in [1.807, 2.05) is 24.2 Å². The summed E-state index contributed by atoms with van der Waals surface area (Å²) in [4.78, 5) is 5.40. The summed E-state index contributed by atoms with van der Waals surface area (Å²) in [6.07, 6.45) is 1.02. The van der Waals surface area contributed by atoms with E-state index in [1.54, 1.807) is 14.2 Å². The average Bonchev–Trinajstić information content (AvgIpc) is 2.34. The number of rotatable bonds is 6. The van der Waals surface area contributed by atoms with Crippen LogP contribution in [0, 0.1) is 0 Å². The summed E-state index contributed by atoms with van der Waals surface area (Å²) in [5, 5.41) is 2.00. The molecule has 1 unspecified atom stereocenters. The minimum atomic E-state index is -1.31. The number of hydrogen-bond donors (Lipinski definition) is 0. The van der Waals surface area contributed by atoms with Gasteiger partial charge in [-0.2, -0.15) is 5.06 Å². The molecule has 0 bridgehead atoms. The van der Waals surface area contributed by atoms with E-state index in [9.17, 15) is 0 Å². The van der Waals surface area contributed by atoms with Gasteiger partial charge in [0.2, 0.25) is 0 Å². The van der Waals surface area contributed by atoms with Gasteiger partial charge in [-0.3, -0.25) is 0 Å². The van der Waals surface area contributed by atoms with Crippen LogP contribution in [-0.4, -0.2) is 40.1 Å². The van der Waals surface area contributed by atoms with Crippen molar-refractivity contribution in [3.63, 3.8) is 0 Å². The molecule has 3 nitrogen and oxygen atoms in total. The van der Waals surface area contributed by atoms with Gasteiger partial charge in [0.15, 0.2) is 0 Å². The zero-order chi connectivity index (χ0) is 13.8. The highest BCUT2D eigenvalue weighted by molar-refractivity contribution is 6.77. The third-order valence-electron chi connectivity index (χ3n) is 3.31. The molecule has 0 spiro atoms. The van der Waals surface area contributed by atoms with Gasteiger partial charge in [-0.05, 0) is 24.1 Å². The highest BCUT2D eigenvalue weighted by atomic mass is 28.3. The van der Waals surface area contributed by atoms with Crippen LogP contribution in [-0.2, 0) is 11.3 Å². The van der Waals surface area contributed by atoms with Gasteiger partial charge in [0.1, 0.15) is 5.75 Å². The van der Waals surface area contributed by atoms with Gasteiger partial charge in [-0.1, -0.05) is 31.8 Å². The number of likely N-dealkylation sites (N-methyl/N-ethyl adjacent to an activating group) is 1. The standard InChI is InChI=1S/C14H25NO2Si/c1-15(17-3)14(18(4,5)6)11-12-7-9-13(16-2)10-8-12/h7-10,14H,11H2,1-6H3. The Morgan fingerprint density at radius 1 is 1.11 bits per heavy atom. The van der Waals surface area contributed by atoms with E-state index in [1.165, 1.54) is 5.56 Å². The monoisotopic (exact) mass is 267 g/mol. The summed E-state index contributed by atoms with van der Waals surface area (Å²) >= 11 is 0. The van der Waals surface area contributed by atoms with E-state index in [4.69, 9.17) is 9.57 Å². The summed E-state index contributed by atoms with van der Waals surface area (Å²) in [6.45, 7) is 7.12. The second kappa shape index (κ2) is 6.36. The normalized spacial score (nSPS) is 13.7. The fourth-order valence-corrected chi connectivity index (χ4v) is 4.14. The zero-order valence-corrected chi connectivity index (χ0v) is 13.4. The van der Waals surface area contributed by atoms with Gasteiger partial charge >= 0.3 is 0 Å². The summed E-state index contributed by atoms with van der Waals surface area (Å²) in [6, 6.07) is 8.30. The third-order valence-corrected chi connectivity index (χ3v) is 5.88. The van der Waals surface area contributed by atoms with Crippen LogP contribution in [0.4, 0.5) is 0 Å². The number of benzene rings is 1.